The molecular weight excluding hydrogens is 434 g/mol. The smallest absolute Gasteiger partial charge is 0.244 e. The van der Waals surface area contributed by atoms with E-state index >= 15 is 0 Å². The molecule has 6 heteroatoms. The van der Waals surface area contributed by atoms with Crippen molar-refractivity contribution >= 4 is 33.4 Å². The second-order valence-electron chi connectivity index (χ2n) is 9.40. The maximum Gasteiger partial charge on any atom is 0.244 e. The van der Waals surface area contributed by atoms with Crippen LogP contribution in [-0.4, -0.2) is 51.8 Å². The Morgan fingerprint density at radius 3 is 2.40 bits per heavy atom. The highest BCUT2D eigenvalue weighted by atomic mass is 16.2. The molecule has 0 spiro atoms. The Bertz CT molecular complexity index is 1540. The van der Waals surface area contributed by atoms with Gasteiger partial charge in [0, 0.05) is 64.9 Å². The van der Waals surface area contributed by atoms with Crippen LogP contribution in [-0.2, 0) is 11.3 Å². The van der Waals surface area contributed by atoms with E-state index in [1.165, 1.54) is 27.6 Å². The van der Waals surface area contributed by atoms with Crippen molar-refractivity contribution in [2.24, 2.45) is 0 Å². The molecule has 3 heterocycles. The molecule has 0 atom stereocenters. The maximum atomic E-state index is 12.9. The molecular formula is C29H29N5O. The Hall–Kier alpha value is -4.06. The van der Waals surface area contributed by atoms with Gasteiger partial charge in [0.15, 0.2) is 0 Å². The number of fused-ring (bicyclic) bond motifs is 3. The van der Waals surface area contributed by atoms with Crippen LogP contribution in [0.4, 0.5) is 5.69 Å². The van der Waals surface area contributed by atoms with E-state index in [1.54, 1.807) is 4.68 Å². The Labute approximate surface area is 204 Å². The van der Waals surface area contributed by atoms with Crippen molar-refractivity contribution in [1.82, 2.24) is 19.7 Å². The molecule has 0 unspecified atom stereocenters. The molecule has 1 aliphatic heterocycles. The molecule has 0 radical (unpaired) electrons. The molecule has 0 bridgehead atoms. The van der Waals surface area contributed by atoms with Gasteiger partial charge in [0.25, 0.3) is 0 Å². The summed E-state index contributed by atoms with van der Waals surface area (Å²) in [4.78, 5) is 20.8. The summed E-state index contributed by atoms with van der Waals surface area (Å²) in [5.74, 6) is 0.133. The van der Waals surface area contributed by atoms with Crippen LogP contribution in [0.3, 0.4) is 0 Å². The van der Waals surface area contributed by atoms with E-state index in [1.807, 2.05) is 24.8 Å². The van der Waals surface area contributed by atoms with Crippen molar-refractivity contribution in [3.63, 3.8) is 0 Å². The Morgan fingerprint density at radius 2 is 1.60 bits per heavy atom. The van der Waals surface area contributed by atoms with E-state index in [0.717, 1.165) is 35.5 Å². The molecule has 6 nitrogen and oxygen atoms in total. The number of hydrogen-bond donors (Lipinski definition) is 1. The van der Waals surface area contributed by atoms with E-state index in [2.05, 4.69) is 81.7 Å². The maximum absolute atomic E-state index is 12.9. The summed E-state index contributed by atoms with van der Waals surface area (Å²) in [6.45, 7) is 7.32. The molecule has 35 heavy (non-hydrogen) atoms. The fourth-order valence-electron chi connectivity index (χ4n) is 5.28. The van der Waals surface area contributed by atoms with Crippen LogP contribution in [0.1, 0.15) is 11.4 Å². The van der Waals surface area contributed by atoms with E-state index < -0.39 is 0 Å². The molecule has 5 aromatic rings. The number of aromatic amines is 1. The lowest BCUT2D eigenvalue weighted by Crippen LogP contribution is -2.49. The first-order valence-corrected chi connectivity index (χ1v) is 12.2. The summed E-state index contributed by atoms with van der Waals surface area (Å²) in [7, 11) is 0. The quantitative estimate of drug-likeness (QED) is 0.401. The minimum atomic E-state index is 0.133. The summed E-state index contributed by atoms with van der Waals surface area (Å²) in [6.07, 6.45) is 0. The number of piperazine rings is 1. The molecule has 0 aliphatic carbocycles. The lowest BCUT2D eigenvalue weighted by atomic mass is 10.0. The van der Waals surface area contributed by atoms with Gasteiger partial charge in [0.1, 0.15) is 6.54 Å². The number of hydrogen-bond acceptors (Lipinski definition) is 3. The van der Waals surface area contributed by atoms with Crippen LogP contribution in [0.2, 0.25) is 0 Å². The van der Waals surface area contributed by atoms with Crippen LogP contribution < -0.4 is 4.90 Å². The van der Waals surface area contributed by atoms with E-state index in [0.29, 0.717) is 19.6 Å². The third-order valence-electron chi connectivity index (χ3n) is 7.08. The van der Waals surface area contributed by atoms with Gasteiger partial charge >= 0.3 is 0 Å². The molecule has 176 valence electrons. The van der Waals surface area contributed by atoms with Crippen LogP contribution in [0, 0.1) is 13.8 Å². The molecule has 1 amide bonds. The highest BCUT2D eigenvalue weighted by Gasteiger charge is 2.23. The molecule has 6 rings (SSSR count). The first-order valence-electron chi connectivity index (χ1n) is 12.2. The zero-order valence-corrected chi connectivity index (χ0v) is 20.2. The molecule has 1 N–H and O–H groups in total. The Kier molecular flexibility index (Phi) is 5.29. The van der Waals surface area contributed by atoms with Gasteiger partial charge in [-0.1, -0.05) is 48.5 Å². The fourth-order valence-corrected chi connectivity index (χ4v) is 5.28. The van der Waals surface area contributed by atoms with Gasteiger partial charge in [-0.3, -0.25) is 9.48 Å². The average Bonchev–Trinajstić information content (AvgIpc) is 3.41. The largest absolute Gasteiger partial charge is 0.367 e. The van der Waals surface area contributed by atoms with Crippen molar-refractivity contribution in [3.05, 3.63) is 84.2 Å². The number of benzene rings is 3. The lowest BCUT2D eigenvalue weighted by Gasteiger charge is -2.37. The monoisotopic (exact) mass is 463 g/mol. The number of anilines is 1. The summed E-state index contributed by atoms with van der Waals surface area (Å²) < 4.78 is 1.81. The van der Waals surface area contributed by atoms with E-state index in [9.17, 15) is 4.79 Å². The van der Waals surface area contributed by atoms with Gasteiger partial charge in [-0.2, -0.15) is 5.10 Å². The summed E-state index contributed by atoms with van der Waals surface area (Å²) >= 11 is 0. The number of carbonyl (C=O) groups excluding carboxylic acids is 1. The number of rotatable bonds is 4. The Morgan fingerprint density at radius 1 is 0.857 bits per heavy atom. The zero-order chi connectivity index (χ0) is 23.9. The average molecular weight is 464 g/mol. The van der Waals surface area contributed by atoms with E-state index in [-0.39, 0.29) is 5.91 Å². The Balaban J connectivity index is 1.22. The van der Waals surface area contributed by atoms with Crippen molar-refractivity contribution in [1.29, 1.82) is 0 Å². The normalized spacial score (nSPS) is 14.2. The van der Waals surface area contributed by atoms with Gasteiger partial charge in [0.05, 0.1) is 5.69 Å². The third kappa shape index (κ3) is 3.95. The number of nitrogens with zero attached hydrogens (tertiary/aromatic N) is 4. The number of aryl methyl sites for hydroxylation is 2. The van der Waals surface area contributed by atoms with Crippen molar-refractivity contribution in [3.8, 4) is 11.1 Å². The van der Waals surface area contributed by atoms with Crippen LogP contribution in [0.25, 0.3) is 32.9 Å². The van der Waals surface area contributed by atoms with Crippen molar-refractivity contribution in [2.75, 3.05) is 31.1 Å². The highest BCUT2D eigenvalue weighted by molar-refractivity contribution is 6.08. The molecule has 2 aromatic heterocycles. The van der Waals surface area contributed by atoms with Crippen molar-refractivity contribution in [2.45, 2.75) is 20.4 Å². The van der Waals surface area contributed by atoms with Crippen LogP contribution in [0.15, 0.2) is 72.8 Å². The van der Waals surface area contributed by atoms with Crippen LogP contribution in [0.5, 0.6) is 0 Å². The predicted molar refractivity (Wildman–Crippen MR) is 142 cm³/mol. The molecule has 0 saturated carbocycles. The highest BCUT2D eigenvalue weighted by Crippen LogP contribution is 2.35. The standard InChI is InChI=1S/C29H29N5O/c1-20-17-21(2)34(31-20)19-29(35)33-15-13-32(14-16-33)28-10-6-4-7-23(28)22-11-12-25-24-8-3-5-9-26(24)30-27(25)18-22/h3-12,17-18,30H,13-16,19H2,1-2H3. The minimum absolute atomic E-state index is 0.133. The lowest BCUT2D eigenvalue weighted by molar-refractivity contribution is -0.132. The SMILES string of the molecule is Cc1cc(C)n(CC(=O)N2CCN(c3ccccc3-c3ccc4c(c3)[nH]c3ccccc34)CC2)n1. The van der Waals surface area contributed by atoms with Gasteiger partial charge in [-0.25, -0.2) is 0 Å². The molecule has 3 aromatic carbocycles. The van der Waals surface area contributed by atoms with Gasteiger partial charge in [-0.05, 0) is 43.7 Å². The number of para-hydroxylation sites is 2. The summed E-state index contributed by atoms with van der Waals surface area (Å²) in [6, 6.07) is 25.7. The van der Waals surface area contributed by atoms with E-state index in [4.69, 9.17) is 0 Å². The first kappa shape index (κ1) is 21.5. The number of amides is 1. The first-order chi connectivity index (χ1) is 17.1. The second kappa shape index (κ2) is 8.62. The van der Waals surface area contributed by atoms with Crippen LogP contribution >= 0.6 is 0 Å². The van der Waals surface area contributed by atoms with Gasteiger partial charge in [-0.15, -0.1) is 0 Å². The number of nitrogens with one attached hydrogen (secondary N) is 1. The third-order valence-corrected chi connectivity index (χ3v) is 7.08. The summed E-state index contributed by atoms with van der Waals surface area (Å²) in [5, 5.41) is 6.94. The number of aromatic nitrogens is 3. The molecule has 1 aliphatic rings. The predicted octanol–water partition coefficient (Wildman–Crippen LogP) is 5.15. The van der Waals surface area contributed by atoms with Gasteiger partial charge in [0.2, 0.25) is 5.91 Å². The van der Waals surface area contributed by atoms with Gasteiger partial charge < -0.3 is 14.8 Å². The topological polar surface area (TPSA) is 57.2 Å². The minimum Gasteiger partial charge on any atom is -0.367 e. The number of H-pyrrole nitrogens is 1. The summed E-state index contributed by atoms with van der Waals surface area (Å²) in [5.41, 5.74) is 7.91. The zero-order valence-electron chi connectivity index (χ0n) is 20.2. The van der Waals surface area contributed by atoms with Crippen molar-refractivity contribution < 1.29 is 4.79 Å². The second-order valence-corrected chi connectivity index (χ2v) is 9.40. The fraction of sp³-hybridized carbons (Fsp3) is 0.241. The molecule has 1 saturated heterocycles. The number of carbonyl (C=O) groups is 1. The molecule has 1 fully saturated rings.